The lowest BCUT2D eigenvalue weighted by atomic mass is 9.78. The normalized spacial score (nSPS) is 20.2. The SMILES string of the molecule is O=C(N[C@@H]1CCC[C@H]1C(=O)OC(c1ccccc1)(c1ccc(C2CCCCCCCCCCCCC2)cc1)c1ccccc1Cl)OCC1c2ccccc2-c2ccccc21. The van der Waals surface area contributed by atoms with Crippen LogP contribution in [0.2, 0.25) is 5.02 Å². The summed E-state index contributed by atoms with van der Waals surface area (Å²) in [4.78, 5) is 28.4. The van der Waals surface area contributed by atoms with Crippen LogP contribution < -0.4 is 5.32 Å². The third kappa shape index (κ3) is 9.37. The summed E-state index contributed by atoms with van der Waals surface area (Å²) < 4.78 is 12.9. The molecule has 5 aromatic rings. The maximum Gasteiger partial charge on any atom is 0.407 e. The first-order valence-corrected chi connectivity index (χ1v) is 23.2. The number of halogens is 1. The van der Waals surface area contributed by atoms with Gasteiger partial charge in [-0.3, -0.25) is 4.79 Å². The van der Waals surface area contributed by atoms with Gasteiger partial charge in [0.05, 0.1) is 5.92 Å². The highest BCUT2D eigenvalue weighted by atomic mass is 35.5. The summed E-state index contributed by atoms with van der Waals surface area (Å²) >= 11 is 7.10. The van der Waals surface area contributed by atoms with E-state index in [0.29, 0.717) is 29.3 Å². The molecule has 0 heterocycles. The van der Waals surface area contributed by atoms with Gasteiger partial charge in [-0.2, -0.15) is 0 Å². The van der Waals surface area contributed by atoms with E-state index < -0.39 is 23.7 Å². The number of nitrogens with one attached hydrogen (secondary N) is 1. The van der Waals surface area contributed by atoms with Gasteiger partial charge in [-0.25, -0.2) is 4.79 Å². The minimum absolute atomic E-state index is 0.0505. The predicted octanol–water partition coefficient (Wildman–Crippen LogP) is 14.1. The van der Waals surface area contributed by atoms with E-state index in [9.17, 15) is 9.59 Å². The van der Waals surface area contributed by atoms with Crippen molar-refractivity contribution < 1.29 is 19.1 Å². The summed E-state index contributed by atoms with van der Waals surface area (Å²) in [5.74, 6) is -0.472. The Morgan fingerprint density at radius 3 is 1.72 bits per heavy atom. The van der Waals surface area contributed by atoms with E-state index in [1.165, 1.54) is 100 Å². The second-order valence-corrected chi connectivity index (χ2v) is 17.8. The number of esters is 1. The van der Waals surface area contributed by atoms with Gasteiger partial charge in [-0.15, -0.1) is 0 Å². The quantitative estimate of drug-likeness (QED) is 0.119. The van der Waals surface area contributed by atoms with Crippen LogP contribution >= 0.6 is 11.6 Å². The second-order valence-electron chi connectivity index (χ2n) is 17.3. The van der Waals surface area contributed by atoms with Crippen LogP contribution in [-0.2, 0) is 19.9 Å². The molecule has 0 bridgehead atoms. The average Bonchev–Trinajstić information content (AvgIpc) is 3.88. The maximum atomic E-state index is 14.8. The van der Waals surface area contributed by atoms with Gasteiger partial charge >= 0.3 is 12.1 Å². The topological polar surface area (TPSA) is 64.6 Å². The fraction of sp³-hybridized carbons (Fsp3) is 0.407. The molecule has 6 heteroatoms. The molecule has 0 saturated heterocycles. The molecule has 1 N–H and O–H groups in total. The number of benzene rings is 5. The first kappa shape index (κ1) is 41.8. The number of hydrogen-bond acceptors (Lipinski definition) is 4. The number of carbonyl (C=O) groups is 2. The molecule has 1 amide bonds. The van der Waals surface area contributed by atoms with Crippen LogP contribution in [0, 0.1) is 5.92 Å². The zero-order chi connectivity index (χ0) is 41.2. The molecule has 0 spiro atoms. The molecule has 0 aromatic heterocycles. The van der Waals surface area contributed by atoms with Crippen molar-refractivity contribution in [3.8, 4) is 11.1 Å². The zero-order valence-electron chi connectivity index (χ0n) is 35.0. The Kier molecular flexibility index (Phi) is 14.0. The summed E-state index contributed by atoms with van der Waals surface area (Å²) in [6, 6.07) is 42.7. The molecule has 5 nitrogen and oxygen atoms in total. The van der Waals surface area contributed by atoms with Gasteiger partial charge in [0.15, 0.2) is 5.60 Å². The second kappa shape index (κ2) is 20.1. The highest BCUT2D eigenvalue weighted by Crippen LogP contribution is 2.47. The van der Waals surface area contributed by atoms with Gasteiger partial charge in [0, 0.05) is 33.7 Å². The fourth-order valence-corrected chi connectivity index (χ4v) is 10.6. The van der Waals surface area contributed by atoms with Crippen molar-refractivity contribution in [1.29, 1.82) is 0 Å². The van der Waals surface area contributed by atoms with Gasteiger partial charge in [0.1, 0.15) is 6.61 Å². The van der Waals surface area contributed by atoms with Crippen LogP contribution in [0.15, 0.2) is 127 Å². The van der Waals surface area contributed by atoms with E-state index in [1.54, 1.807) is 0 Å². The van der Waals surface area contributed by atoms with Crippen molar-refractivity contribution in [3.05, 3.63) is 166 Å². The van der Waals surface area contributed by atoms with Crippen LogP contribution in [0.4, 0.5) is 4.79 Å². The molecular formula is C54H60ClNO4. The van der Waals surface area contributed by atoms with Crippen LogP contribution in [0.5, 0.6) is 0 Å². The Balaban J connectivity index is 1.04. The van der Waals surface area contributed by atoms with Crippen LogP contribution in [0.3, 0.4) is 0 Å². The van der Waals surface area contributed by atoms with Crippen LogP contribution in [0.25, 0.3) is 11.1 Å². The van der Waals surface area contributed by atoms with Gasteiger partial charge in [0.25, 0.3) is 0 Å². The number of rotatable bonds is 9. The van der Waals surface area contributed by atoms with E-state index in [2.05, 4.69) is 53.8 Å². The van der Waals surface area contributed by atoms with Crippen molar-refractivity contribution in [2.75, 3.05) is 6.61 Å². The number of amides is 1. The highest BCUT2D eigenvalue weighted by Gasteiger charge is 2.46. The van der Waals surface area contributed by atoms with Crippen molar-refractivity contribution in [1.82, 2.24) is 5.32 Å². The molecule has 2 fully saturated rings. The van der Waals surface area contributed by atoms with E-state index in [1.807, 2.05) is 78.9 Å². The first-order chi connectivity index (χ1) is 29.5. The Labute approximate surface area is 362 Å². The van der Waals surface area contributed by atoms with E-state index in [-0.39, 0.29) is 18.5 Å². The molecule has 312 valence electrons. The third-order valence-corrected chi connectivity index (χ3v) is 13.9. The molecule has 1 unspecified atom stereocenters. The standard InChI is InChI=1S/C54H60ClNO4/c55-50-32-20-19-31-49(50)54(41-24-13-10-14-25-41,42-36-34-40(35-37-42)39-22-11-8-6-4-2-1-3-5-7-9-12-23-39)60-52(57)47-30-21-33-51(47)56-53(58)59-38-48-45-28-17-15-26-43(45)44-27-16-18-29-46(44)48/h10,13-20,24-29,31-32,34-37,39,47-48,51H,1-9,11-12,21-23,30,33,38H2,(H,56,58)/t47-,51-,54?/m1/s1. The molecular weight excluding hydrogens is 762 g/mol. The molecule has 0 aliphatic heterocycles. The molecule has 5 aromatic carbocycles. The average molecular weight is 823 g/mol. The number of fused-ring (bicyclic) bond motifs is 3. The molecule has 8 rings (SSSR count). The molecule has 60 heavy (non-hydrogen) atoms. The number of carbonyl (C=O) groups excluding carboxylic acids is 2. The van der Waals surface area contributed by atoms with Crippen LogP contribution in [0.1, 0.15) is 148 Å². The smallest absolute Gasteiger partial charge is 0.407 e. The number of hydrogen-bond donors (Lipinski definition) is 1. The fourth-order valence-electron chi connectivity index (χ4n) is 10.3. The molecule has 3 atom stereocenters. The Hall–Kier alpha value is -4.87. The lowest BCUT2D eigenvalue weighted by molar-refractivity contribution is -0.159. The predicted molar refractivity (Wildman–Crippen MR) is 242 cm³/mol. The maximum absolute atomic E-state index is 14.8. The molecule has 0 radical (unpaired) electrons. The molecule has 3 aliphatic carbocycles. The number of alkyl carbamates (subject to hydrolysis) is 1. The molecule has 3 aliphatic rings. The monoisotopic (exact) mass is 821 g/mol. The van der Waals surface area contributed by atoms with E-state index >= 15 is 0 Å². The minimum Gasteiger partial charge on any atom is -0.449 e. The molecule has 2 saturated carbocycles. The Bertz CT molecular complexity index is 2130. The van der Waals surface area contributed by atoms with Gasteiger partial charge < -0.3 is 14.8 Å². The summed E-state index contributed by atoms with van der Waals surface area (Å²) in [5, 5.41) is 3.60. The van der Waals surface area contributed by atoms with Gasteiger partial charge in [-0.05, 0) is 65.5 Å². The van der Waals surface area contributed by atoms with E-state index in [4.69, 9.17) is 21.1 Å². The van der Waals surface area contributed by atoms with Crippen molar-refractivity contribution >= 4 is 23.7 Å². The van der Waals surface area contributed by atoms with Gasteiger partial charge in [-0.1, -0.05) is 210 Å². The number of ether oxygens (including phenoxy) is 2. The summed E-state index contributed by atoms with van der Waals surface area (Å²) in [6.07, 6.45) is 18.5. The largest absolute Gasteiger partial charge is 0.449 e. The Morgan fingerprint density at radius 2 is 1.10 bits per heavy atom. The first-order valence-electron chi connectivity index (χ1n) is 22.8. The summed E-state index contributed by atoms with van der Waals surface area (Å²) in [6.45, 7) is 0.210. The van der Waals surface area contributed by atoms with E-state index in [0.717, 1.165) is 28.7 Å². The van der Waals surface area contributed by atoms with Gasteiger partial charge in [0.2, 0.25) is 0 Å². The van der Waals surface area contributed by atoms with Crippen molar-refractivity contribution in [2.24, 2.45) is 5.92 Å². The summed E-state index contributed by atoms with van der Waals surface area (Å²) in [7, 11) is 0. The van der Waals surface area contributed by atoms with Crippen molar-refractivity contribution in [3.63, 3.8) is 0 Å². The third-order valence-electron chi connectivity index (χ3n) is 13.5. The zero-order valence-corrected chi connectivity index (χ0v) is 35.7. The lowest BCUT2D eigenvalue weighted by Gasteiger charge is -2.37. The highest BCUT2D eigenvalue weighted by molar-refractivity contribution is 6.31. The minimum atomic E-state index is -1.32. The van der Waals surface area contributed by atoms with Crippen molar-refractivity contribution in [2.45, 2.75) is 126 Å². The van der Waals surface area contributed by atoms with Crippen LogP contribution in [-0.4, -0.2) is 24.7 Å². The summed E-state index contributed by atoms with van der Waals surface area (Å²) in [5.41, 5.74) is 7.06. The Morgan fingerprint density at radius 1 is 0.567 bits per heavy atom. The lowest BCUT2D eigenvalue weighted by Crippen LogP contribution is -2.44.